The second-order valence-corrected chi connectivity index (χ2v) is 9.14. The average molecular weight is 385 g/mol. The van der Waals surface area contributed by atoms with Crippen molar-refractivity contribution >= 4 is 38.9 Å². The standard InChI is InChI=1S/C16H17ClN2O3S2/c1-12-6-7-14(23-12)16(20)18-8-10-19(11-9-18)24(21,22)15-5-3-2-4-13(15)17/h2-7H,8-11H2,1H3. The second kappa shape index (κ2) is 6.84. The third kappa shape index (κ3) is 3.35. The molecule has 1 aliphatic rings. The Morgan fingerprint density at radius 1 is 1.08 bits per heavy atom. The van der Waals surface area contributed by atoms with Gasteiger partial charge in [-0.05, 0) is 31.2 Å². The number of thiophene rings is 1. The predicted molar refractivity (Wildman–Crippen MR) is 95.2 cm³/mol. The number of halogens is 1. The van der Waals surface area contributed by atoms with Crippen LogP contribution in [0.2, 0.25) is 5.02 Å². The summed E-state index contributed by atoms with van der Waals surface area (Å²) in [6.07, 6.45) is 0. The van der Waals surface area contributed by atoms with Gasteiger partial charge in [-0.2, -0.15) is 4.31 Å². The zero-order valence-corrected chi connectivity index (χ0v) is 15.5. The SMILES string of the molecule is Cc1ccc(C(=O)N2CCN(S(=O)(=O)c3ccccc3Cl)CC2)s1. The van der Waals surface area contributed by atoms with E-state index in [0.29, 0.717) is 18.0 Å². The van der Waals surface area contributed by atoms with Crippen LogP contribution in [-0.2, 0) is 10.0 Å². The molecule has 1 fully saturated rings. The third-order valence-electron chi connectivity index (χ3n) is 3.93. The average Bonchev–Trinajstić information content (AvgIpc) is 3.01. The topological polar surface area (TPSA) is 57.7 Å². The van der Waals surface area contributed by atoms with Crippen molar-refractivity contribution in [2.45, 2.75) is 11.8 Å². The molecule has 0 atom stereocenters. The lowest BCUT2D eigenvalue weighted by atomic mass is 10.3. The molecule has 1 saturated heterocycles. The normalized spacial score (nSPS) is 16.3. The van der Waals surface area contributed by atoms with E-state index in [-0.39, 0.29) is 28.9 Å². The second-order valence-electron chi connectivity index (χ2n) is 5.54. The van der Waals surface area contributed by atoms with Gasteiger partial charge in [0.25, 0.3) is 5.91 Å². The maximum absolute atomic E-state index is 12.7. The van der Waals surface area contributed by atoms with Crippen LogP contribution in [0.5, 0.6) is 0 Å². The summed E-state index contributed by atoms with van der Waals surface area (Å²) in [6, 6.07) is 10.1. The Bertz CT molecular complexity index is 856. The zero-order chi connectivity index (χ0) is 17.3. The Balaban J connectivity index is 1.71. The molecule has 1 aromatic carbocycles. The van der Waals surface area contributed by atoms with E-state index < -0.39 is 10.0 Å². The maximum atomic E-state index is 12.7. The van der Waals surface area contributed by atoms with Crippen molar-refractivity contribution in [1.82, 2.24) is 9.21 Å². The van der Waals surface area contributed by atoms with E-state index in [1.807, 2.05) is 19.1 Å². The molecule has 0 saturated carbocycles. The van der Waals surface area contributed by atoms with Crippen LogP contribution in [0.15, 0.2) is 41.3 Å². The summed E-state index contributed by atoms with van der Waals surface area (Å²) < 4.78 is 26.8. The molecule has 2 aromatic rings. The van der Waals surface area contributed by atoms with Crippen LogP contribution in [0.3, 0.4) is 0 Å². The highest BCUT2D eigenvalue weighted by atomic mass is 35.5. The zero-order valence-electron chi connectivity index (χ0n) is 13.1. The number of amides is 1. The van der Waals surface area contributed by atoms with Gasteiger partial charge in [-0.3, -0.25) is 4.79 Å². The fourth-order valence-electron chi connectivity index (χ4n) is 2.63. The van der Waals surface area contributed by atoms with E-state index in [9.17, 15) is 13.2 Å². The summed E-state index contributed by atoms with van der Waals surface area (Å²) in [5, 5.41) is 0.213. The minimum atomic E-state index is -3.64. The third-order valence-corrected chi connectivity index (χ3v) is 7.32. The van der Waals surface area contributed by atoms with Crippen molar-refractivity contribution in [2.24, 2.45) is 0 Å². The Morgan fingerprint density at radius 3 is 2.33 bits per heavy atom. The lowest BCUT2D eigenvalue weighted by Gasteiger charge is -2.33. The molecular formula is C16H17ClN2O3S2. The smallest absolute Gasteiger partial charge is 0.264 e. The molecule has 128 valence electrons. The van der Waals surface area contributed by atoms with Crippen LogP contribution < -0.4 is 0 Å². The van der Waals surface area contributed by atoms with Crippen molar-refractivity contribution in [3.8, 4) is 0 Å². The minimum absolute atomic E-state index is 0.0390. The van der Waals surface area contributed by atoms with Crippen LogP contribution >= 0.6 is 22.9 Å². The Morgan fingerprint density at radius 2 is 1.75 bits per heavy atom. The molecule has 0 radical (unpaired) electrons. The van der Waals surface area contributed by atoms with E-state index in [1.54, 1.807) is 23.1 Å². The van der Waals surface area contributed by atoms with Crippen molar-refractivity contribution < 1.29 is 13.2 Å². The number of aryl methyl sites for hydroxylation is 1. The fourth-order valence-corrected chi connectivity index (χ4v) is 5.38. The molecule has 0 spiro atoms. The number of hydrogen-bond donors (Lipinski definition) is 0. The van der Waals surface area contributed by atoms with Gasteiger partial charge in [0.05, 0.1) is 9.90 Å². The Labute approximate surface area is 150 Å². The molecule has 0 aliphatic carbocycles. The first-order chi connectivity index (χ1) is 11.4. The number of carbonyl (C=O) groups excluding carboxylic acids is 1. The summed E-state index contributed by atoms with van der Waals surface area (Å²) >= 11 is 7.47. The Hall–Kier alpha value is -1.41. The number of piperazine rings is 1. The van der Waals surface area contributed by atoms with Gasteiger partial charge in [0.1, 0.15) is 4.90 Å². The highest BCUT2D eigenvalue weighted by Gasteiger charge is 2.31. The molecule has 2 heterocycles. The Kier molecular flexibility index (Phi) is 4.96. The number of rotatable bonds is 3. The molecule has 0 bridgehead atoms. The van der Waals surface area contributed by atoms with Gasteiger partial charge >= 0.3 is 0 Å². The quantitative estimate of drug-likeness (QED) is 0.817. The number of benzene rings is 1. The molecule has 0 unspecified atom stereocenters. The van der Waals surface area contributed by atoms with E-state index in [4.69, 9.17) is 11.6 Å². The van der Waals surface area contributed by atoms with Gasteiger partial charge in [-0.25, -0.2) is 8.42 Å². The largest absolute Gasteiger partial charge is 0.335 e. The lowest BCUT2D eigenvalue weighted by molar-refractivity contribution is 0.0703. The number of sulfonamides is 1. The first kappa shape index (κ1) is 17.4. The molecule has 1 aromatic heterocycles. The van der Waals surface area contributed by atoms with Crippen LogP contribution in [0.1, 0.15) is 14.5 Å². The summed E-state index contributed by atoms with van der Waals surface area (Å²) in [5.41, 5.74) is 0. The highest BCUT2D eigenvalue weighted by molar-refractivity contribution is 7.89. The van der Waals surface area contributed by atoms with Gasteiger partial charge in [0, 0.05) is 31.1 Å². The highest BCUT2D eigenvalue weighted by Crippen LogP contribution is 2.25. The summed E-state index contributed by atoms with van der Waals surface area (Å²) in [6.45, 7) is 3.24. The van der Waals surface area contributed by atoms with Crippen molar-refractivity contribution in [3.63, 3.8) is 0 Å². The summed E-state index contributed by atoms with van der Waals surface area (Å²) in [4.78, 5) is 16.0. The lowest BCUT2D eigenvalue weighted by Crippen LogP contribution is -2.50. The van der Waals surface area contributed by atoms with E-state index in [0.717, 1.165) is 4.88 Å². The van der Waals surface area contributed by atoms with Gasteiger partial charge < -0.3 is 4.90 Å². The molecule has 24 heavy (non-hydrogen) atoms. The van der Waals surface area contributed by atoms with Crippen LogP contribution in [0, 0.1) is 6.92 Å². The molecule has 1 aliphatic heterocycles. The van der Waals surface area contributed by atoms with Crippen LogP contribution in [-0.4, -0.2) is 49.7 Å². The van der Waals surface area contributed by atoms with Gasteiger partial charge in [-0.15, -0.1) is 11.3 Å². The number of nitrogens with zero attached hydrogens (tertiary/aromatic N) is 2. The minimum Gasteiger partial charge on any atom is -0.335 e. The molecule has 1 amide bonds. The number of carbonyl (C=O) groups is 1. The summed E-state index contributed by atoms with van der Waals surface area (Å²) in [5.74, 6) is -0.0390. The van der Waals surface area contributed by atoms with Gasteiger partial charge in [-0.1, -0.05) is 23.7 Å². The molecule has 5 nitrogen and oxygen atoms in total. The fraction of sp³-hybridized carbons (Fsp3) is 0.312. The van der Waals surface area contributed by atoms with E-state index in [2.05, 4.69) is 0 Å². The van der Waals surface area contributed by atoms with Crippen molar-refractivity contribution in [1.29, 1.82) is 0 Å². The first-order valence-corrected chi connectivity index (χ1v) is 10.1. The molecular weight excluding hydrogens is 368 g/mol. The summed E-state index contributed by atoms with van der Waals surface area (Å²) in [7, 11) is -3.64. The van der Waals surface area contributed by atoms with Crippen LogP contribution in [0.4, 0.5) is 0 Å². The monoisotopic (exact) mass is 384 g/mol. The van der Waals surface area contributed by atoms with Gasteiger partial charge in [0.15, 0.2) is 0 Å². The first-order valence-electron chi connectivity index (χ1n) is 7.50. The maximum Gasteiger partial charge on any atom is 0.264 e. The predicted octanol–water partition coefficient (Wildman–Crippen LogP) is 2.86. The van der Waals surface area contributed by atoms with Crippen molar-refractivity contribution in [2.75, 3.05) is 26.2 Å². The van der Waals surface area contributed by atoms with Crippen LogP contribution in [0.25, 0.3) is 0 Å². The number of hydrogen-bond acceptors (Lipinski definition) is 4. The molecule has 0 N–H and O–H groups in total. The van der Waals surface area contributed by atoms with E-state index >= 15 is 0 Å². The van der Waals surface area contributed by atoms with E-state index in [1.165, 1.54) is 21.7 Å². The van der Waals surface area contributed by atoms with Crippen molar-refractivity contribution in [3.05, 3.63) is 51.2 Å². The molecule has 3 rings (SSSR count). The van der Waals surface area contributed by atoms with Gasteiger partial charge in [0.2, 0.25) is 10.0 Å². The molecule has 8 heteroatoms.